The molecule has 8 heteroatoms. The molecule has 1 aliphatic heterocycles. The predicted molar refractivity (Wildman–Crippen MR) is 149 cm³/mol. The first-order chi connectivity index (χ1) is 17.0. The molecular formula is C29H45N3O4S. The van der Waals surface area contributed by atoms with Gasteiger partial charge in [0, 0.05) is 28.7 Å². The first kappa shape index (κ1) is 29.4. The number of anilines is 1. The summed E-state index contributed by atoms with van der Waals surface area (Å²) < 4.78 is 29.2. The number of rotatable bonds is 6. The van der Waals surface area contributed by atoms with Crippen molar-refractivity contribution < 1.29 is 18.0 Å². The van der Waals surface area contributed by atoms with E-state index < -0.39 is 21.1 Å². The molecule has 0 atom stereocenters. The Kier molecular flexibility index (Phi) is 8.35. The number of nitrogens with one attached hydrogen (secondary N) is 2. The third-order valence-electron chi connectivity index (χ3n) is 8.11. The van der Waals surface area contributed by atoms with E-state index in [1.807, 2.05) is 27.7 Å². The van der Waals surface area contributed by atoms with E-state index in [1.165, 1.54) is 6.08 Å². The summed E-state index contributed by atoms with van der Waals surface area (Å²) >= 11 is 0. The molecule has 1 heterocycles. The number of hydrogen-bond acceptors (Lipinski definition) is 4. The summed E-state index contributed by atoms with van der Waals surface area (Å²) in [5.41, 5.74) is -0.580. The van der Waals surface area contributed by atoms with Gasteiger partial charge in [0.25, 0.3) is 0 Å². The summed E-state index contributed by atoms with van der Waals surface area (Å²) in [6.45, 7) is 17.9. The number of nitrogens with zero attached hydrogens (tertiary/aromatic N) is 1. The molecule has 0 unspecified atom stereocenters. The van der Waals surface area contributed by atoms with Crippen LogP contribution in [0.4, 0.5) is 5.69 Å². The maximum Gasteiger partial charge on any atom is 0.244 e. The van der Waals surface area contributed by atoms with E-state index in [-0.39, 0.29) is 34.1 Å². The van der Waals surface area contributed by atoms with Gasteiger partial charge >= 0.3 is 0 Å². The molecule has 1 saturated carbocycles. The topological polar surface area (TPSA) is 95.6 Å². The quantitative estimate of drug-likeness (QED) is 0.475. The van der Waals surface area contributed by atoms with Crippen LogP contribution in [-0.2, 0) is 19.6 Å². The van der Waals surface area contributed by atoms with Crippen molar-refractivity contribution in [2.45, 2.75) is 109 Å². The summed E-state index contributed by atoms with van der Waals surface area (Å²) in [4.78, 5) is 24.9. The standard InChI is InChI=1S/C29H45N3O4S/c1-9-25(33)30-23-18-28(5,6)32(29(7,8)19-23)37(35,36)24-16-14-22(15-17-24)31-26(34)20-10-12-21(13-11-20)27(2,3)4/h9,14-17,20-21,23H,1,10-13,18-19H2,2-8H3,(H,30,33)(H,31,34). The van der Waals surface area contributed by atoms with Gasteiger partial charge in [-0.15, -0.1) is 0 Å². The highest BCUT2D eigenvalue weighted by molar-refractivity contribution is 7.89. The number of sulfonamides is 1. The molecule has 1 aromatic carbocycles. The summed E-state index contributed by atoms with van der Waals surface area (Å²) in [6, 6.07) is 6.32. The van der Waals surface area contributed by atoms with Crippen LogP contribution in [0.5, 0.6) is 0 Å². The van der Waals surface area contributed by atoms with Gasteiger partial charge in [0.1, 0.15) is 0 Å². The molecule has 1 saturated heterocycles. The first-order valence-corrected chi connectivity index (χ1v) is 14.8. The Bertz CT molecular complexity index is 1090. The Hall–Kier alpha value is -2.19. The van der Waals surface area contributed by atoms with Crippen LogP contribution in [0.25, 0.3) is 0 Å². The zero-order valence-electron chi connectivity index (χ0n) is 23.6. The van der Waals surface area contributed by atoms with Gasteiger partial charge in [-0.05, 0) is 108 Å². The fourth-order valence-electron chi connectivity index (χ4n) is 6.56. The molecule has 2 amide bonds. The summed E-state index contributed by atoms with van der Waals surface area (Å²) in [5.74, 6) is 0.381. The third-order valence-corrected chi connectivity index (χ3v) is 10.4. The first-order valence-electron chi connectivity index (χ1n) is 13.4. The summed E-state index contributed by atoms with van der Waals surface area (Å²) in [5, 5.41) is 5.92. The lowest BCUT2D eigenvalue weighted by Crippen LogP contribution is -2.65. The van der Waals surface area contributed by atoms with Gasteiger partial charge in [-0.1, -0.05) is 27.4 Å². The molecule has 0 radical (unpaired) electrons. The average molecular weight is 532 g/mol. The highest BCUT2D eigenvalue weighted by atomic mass is 32.2. The number of carbonyl (C=O) groups excluding carboxylic acids is 2. The van der Waals surface area contributed by atoms with Gasteiger partial charge in [-0.3, -0.25) is 9.59 Å². The van der Waals surface area contributed by atoms with Gasteiger partial charge in [0.2, 0.25) is 21.8 Å². The number of piperidine rings is 1. The van der Waals surface area contributed by atoms with Gasteiger partial charge in [-0.25, -0.2) is 8.42 Å². The number of amides is 2. The van der Waals surface area contributed by atoms with Crippen molar-refractivity contribution in [3.63, 3.8) is 0 Å². The Morgan fingerprint density at radius 3 is 1.95 bits per heavy atom. The SMILES string of the molecule is C=CC(=O)NC1CC(C)(C)N(S(=O)(=O)c2ccc(NC(=O)C3CCC(C(C)(C)C)CC3)cc2)C(C)(C)C1. The zero-order chi connectivity index (χ0) is 27.8. The monoisotopic (exact) mass is 531 g/mol. The van der Waals surface area contributed by atoms with Crippen molar-refractivity contribution in [3.05, 3.63) is 36.9 Å². The second-order valence-electron chi connectivity index (χ2n) is 13.1. The molecule has 0 spiro atoms. The van der Waals surface area contributed by atoms with E-state index in [9.17, 15) is 18.0 Å². The van der Waals surface area contributed by atoms with Crippen LogP contribution in [0.3, 0.4) is 0 Å². The van der Waals surface area contributed by atoms with Crippen LogP contribution in [0, 0.1) is 17.3 Å². The van der Waals surface area contributed by atoms with Crippen molar-refractivity contribution in [3.8, 4) is 0 Å². The molecule has 3 rings (SSSR count). The molecule has 7 nitrogen and oxygen atoms in total. The minimum absolute atomic E-state index is 0.00789. The van der Waals surface area contributed by atoms with Crippen LogP contribution in [-0.4, -0.2) is 41.7 Å². The van der Waals surface area contributed by atoms with E-state index >= 15 is 0 Å². The van der Waals surface area contributed by atoms with E-state index in [4.69, 9.17) is 0 Å². The van der Waals surface area contributed by atoms with Crippen molar-refractivity contribution in [1.82, 2.24) is 9.62 Å². The fourth-order valence-corrected chi connectivity index (χ4v) is 8.70. The molecule has 0 bridgehead atoms. The van der Waals surface area contributed by atoms with Gasteiger partial charge in [-0.2, -0.15) is 4.31 Å². The molecule has 2 N–H and O–H groups in total. The summed E-state index contributed by atoms with van der Waals surface area (Å²) in [7, 11) is -3.83. The van der Waals surface area contributed by atoms with Crippen LogP contribution in [0.2, 0.25) is 0 Å². The normalized spacial score (nSPS) is 24.7. The van der Waals surface area contributed by atoms with Crippen molar-refractivity contribution in [2.75, 3.05) is 5.32 Å². The molecule has 2 aliphatic rings. The van der Waals surface area contributed by atoms with E-state index in [0.29, 0.717) is 24.4 Å². The molecule has 2 fully saturated rings. The Morgan fingerprint density at radius 1 is 0.973 bits per heavy atom. The van der Waals surface area contributed by atoms with Crippen LogP contribution in [0.1, 0.15) is 87.0 Å². The van der Waals surface area contributed by atoms with Crippen molar-refractivity contribution in [1.29, 1.82) is 0 Å². The number of hydrogen-bond donors (Lipinski definition) is 2. The maximum atomic E-state index is 13.8. The Morgan fingerprint density at radius 2 is 1.49 bits per heavy atom. The molecule has 1 aliphatic carbocycles. The van der Waals surface area contributed by atoms with Crippen molar-refractivity contribution in [2.24, 2.45) is 17.3 Å². The van der Waals surface area contributed by atoms with E-state index in [2.05, 4.69) is 38.0 Å². The highest BCUT2D eigenvalue weighted by Crippen LogP contribution is 2.43. The van der Waals surface area contributed by atoms with Gasteiger partial charge in [0.05, 0.1) is 4.90 Å². The molecule has 206 valence electrons. The number of carbonyl (C=O) groups is 2. The third kappa shape index (κ3) is 6.63. The molecular weight excluding hydrogens is 486 g/mol. The lowest BCUT2D eigenvalue weighted by atomic mass is 9.69. The Balaban J connectivity index is 1.71. The van der Waals surface area contributed by atoms with E-state index in [0.717, 1.165) is 25.7 Å². The lowest BCUT2D eigenvalue weighted by molar-refractivity contribution is -0.121. The highest BCUT2D eigenvalue weighted by Gasteiger charge is 2.51. The zero-order valence-corrected chi connectivity index (χ0v) is 24.4. The van der Waals surface area contributed by atoms with Crippen LogP contribution < -0.4 is 10.6 Å². The molecule has 0 aromatic heterocycles. The Labute approximate surface area is 223 Å². The second kappa shape index (κ2) is 10.5. The predicted octanol–water partition coefficient (Wildman–Crippen LogP) is 5.49. The minimum Gasteiger partial charge on any atom is -0.350 e. The average Bonchev–Trinajstić information content (AvgIpc) is 2.76. The largest absolute Gasteiger partial charge is 0.350 e. The minimum atomic E-state index is -3.83. The van der Waals surface area contributed by atoms with Crippen LogP contribution in [0.15, 0.2) is 41.8 Å². The maximum absolute atomic E-state index is 13.8. The summed E-state index contributed by atoms with van der Waals surface area (Å²) in [6.07, 6.45) is 6.08. The van der Waals surface area contributed by atoms with E-state index in [1.54, 1.807) is 28.6 Å². The second-order valence-corrected chi connectivity index (χ2v) is 14.9. The van der Waals surface area contributed by atoms with Crippen LogP contribution >= 0.6 is 0 Å². The van der Waals surface area contributed by atoms with Gasteiger partial charge in [0.15, 0.2) is 0 Å². The van der Waals surface area contributed by atoms with Gasteiger partial charge < -0.3 is 10.6 Å². The number of benzene rings is 1. The smallest absolute Gasteiger partial charge is 0.244 e. The molecule has 37 heavy (non-hydrogen) atoms. The van der Waals surface area contributed by atoms with Crippen molar-refractivity contribution >= 4 is 27.5 Å². The fraction of sp³-hybridized carbons (Fsp3) is 0.655. The lowest BCUT2D eigenvalue weighted by Gasteiger charge is -2.53. The molecule has 1 aromatic rings.